The van der Waals surface area contributed by atoms with E-state index >= 15 is 0 Å². The van der Waals surface area contributed by atoms with Crippen LogP contribution in [0.5, 0.6) is 0 Å². The predicted molar refractivity (Wildman–Crippen MR) is 81.9 cm³/mol. The number of anilines is 1. The summed E-state index contributed by atoms with van der Waals surface area (Å²) in [6.07, 6.45) is 0.987. The molecule has 3 N–H and O–H groups in total. The van der Waals surface area contributed by atoms with Gasteiger partial charge in [0, 0.05) is 11.3 Å². The van der Waals surface area contributed by atoms with Gasteiger partial charge in [0.25, 0.3) is 0 Å². The van der Waals surface area contributed by atoms with Crippen LogP contribution in [0.4, 0.5) is 5.69 Å². The Kier molecular flexibility index (Phi) is 4.64. The molecule has 0 amide bonds. The lowest BCUT2D eigenvalue weighted by molar-refractivity contribution is -0.136. The molecule has 0 heterocycles. The third-order valence-electron chi connectivity index (χ3n) is 3.16. The number of nitrogens with two attached hydrogens (primary N) is 1. The van der Waals surface area contributed by atoms with Crippen molar-refractivity contribution < 1.29 is 9.90 Å². The predicted octanol–water partition coefficient (Wildman–Crippen LogP) is 3.56. The topological polar surface area (TPSA) is 63.3 Å². The Morgan fingerprint density at radius 3 is 2.50 bits per heavy atom. The fourth-order valence-corrected chi connectivity index (χ4v) is 2.17. The minimum Gasteiger partial charge on any atom is -0.480 e. The number of carbonyl (C=O) groups is 1. The molecule has 20 heavy (non-hydrogen) atoms. The third-order valence-corrected chi connectivity index (χ3v) is 3.56. The molecule has 4 heteroatoms. The molecule has 2 rings (SSSR count). The van der Waals surface area contributed by atoms with E-state index in [4.69, 9.17) is 22.4 Å². The number of alkyl halides is 1. The third kappa shape index (κ3) is 3.52. The zero-order chi connectivity index (χ0) is 14.5. The van der Waals surface area contributed by atoms with E-state index in [-0.39, 0.29) is 0 Å². The standard InChI is InChI=1S/C16H16ClNO2/c17-14(16(19)20)9-7-11-6-8-13(15(18)10-11)12-4-2-1-3-5-12/h1-6,8,10,14H,7,9,18H2,(H,19,20). The maximum absolute atomic E-state index is 10.7. The van der Waals surface area contributed by atoms with Crippen LogP contribution in [0.15, 0.2) is 48.5 Å². The highest BCUT2D eigenvalue weighted by molar-refractivity contribution is 6.29. The first kappa shape index (κ1) is 14.4. The number of nitrogen functional groups attached to an aromatic ring is 1. The van der Waals surface area contributed by atoms with Crippen molar-refractivity contribution in [3.05, 3.63) is 54.1 Å². The molecular formula is C16H16ClNO2. The molecule has 0 aliphatic carbocycles. The largest absolute Gasteiger partial charge is 0.480 e. The molecule has 0 radical (unpaired) electrons. The Labute approximate surface area is 123 Å². The highest BCUT2D eigenvalue weighted by atomic mass is 35.5. The van der Waals surface area contributed by atoms with Crippen molar-refractivity contribution >= 4 is 23.3 Å². The van der Waals surface area contributed by atoms with E-state index in [2.05, 4.69) is 0 Å². The molecular weight excluding hydrogens is 274 g/mol. The summed E-state index contributed by atoms with van der Waals surface area (Å²) in [5.41, 5.74) is 9.80. The van der Waals surface area contributed by atoms with Gasteiger partial charge in [-0.25, -0.2) is 0 Å². The van der Waals surface area contributed by atoms with E-state index in [1.54, 1.807) is 0 Å². The number of hydrogen-bond acceptors (Lipinski definition) is 2. The van der Waals surface area contributed by atoms with Gasteiger partial charge >= 0.3 is 5.97 Å². The number of halogens is 1. The van der Waals surface area contributed by atoms with Crippen molar-refractivity contribution in [2.24, 2.45) is 0 Å². The molecule has 1 atom stereocenters. The molecule has 0 aliphatic rings. The number of carboxylic acids is 1. The Bertz CT molecular complexity index is 599. The lowest BCUT2D eigenvalue weighted by atomic mass is 9.99. The van der Waals surface area contributed by atoms with Crippen molar-refractivity contribution in [2.75, 3.05) is 5.73 Å². The molecule has 0 spiro atoms. The van der Waals surface area contributed by atoms with Gasteiger partial charge in [-0.3, -0.25) is 4.79 Å². The van der Waals surface area contributed by atoms with Crippen molar-refractivity contribution in [2.45, 2.75) is 18.2 Å². The zero-order valence-electron chi connectivity index (χ0n) is 10.9. The van der Waals surface area contributed by atoms with Crippen LogP contribution in [0, 0.1) is 0 Å². The monoisotopic (exact) mass is 289 g/mol. The molecule has 1 unspecified atom stereocenters. The van der Waals surface area contributed by atoms with Gasteiger partial charge < -0.3 is 10.8 Å². The Morgan fingerprint density at radius 1 is 1.20 bits per heavy atom. The first-order valence-electron chi connectivity index (χ1n) is 6.38. The van der Waals surface area contributed by atoms with Crippen LogP contribution >= 0.6 is 11.6 Å². The highest BCUT2D eigenvalue weighted by Gasteiger charge is 2.13. The van der Waals surface area contributed by atoms with Crippen LogP contribution in [-0.2, 0) is 11.2 Å². The van der Waals surface area contributed by atoms with E-state index in [0.717, 1.165) is 16.7 Å². The fourth-order valence-electron chi connectivity index (χ4n) is 2.07. The maximum atomic E-state index is 10.7. The summed E-state index contributed by atoms with van der Waals surface area (Å²) < 4.78 is 0. The molecule has 0 bridgehead atoms. The number of carboxylic acid groups (broad SMARTS) is 1. The number of rotatable bonds is 5. The summed E-state index contributed by atoms with van der Waals surface area (Å²) in [5, 5.41) is 7.89. The van der Waals surface area contributed by atoms with E-state index in [0.29, 0.717) is 18.5 Å². The smallest absolute Gasteiger partial charge is 0.321 e. The zero-order valence-corrected chi connectivity index (χ0v) is 11.7. The SMILES string of the molecule is Nc1cc(CCC(Cl)C(=O)O)ccc1-c1ccccc1. The molecule has 0 fully saturated rings. The number of aryl methyl sites for hydroxylation is 1. The van der Waals surface area contributed by atoms with Crippen molar-refractivity contribution in [1.29, 1.82) is 0 Å². The lowest BCUT2D eigenvalue weighted by Gasteiger charge is -2.09. The Balaban J connectivity index is 2.12. The minimum absolute atomic E-state index is 0.390. The number of aliphatic carboxylic acids is 1. The molecule has 3 nitrogen and oxygen atoms in total. The average molecular weight is 290 g/mol. The van der Waals surface area contributed by atoms with Gasteiger partial charge in [-0.05, 0) is 30.0 Å². The summed E-state index contributed by atoms with van der Waals surface area (Å²) in [4.78, 5) is 10.7. The van der Waals surface area contributed by atoms with Crippen LogP contribution in [0.1, 0.15) is 12.0 Å². The fraction of sp³-hybridized carbons (Fsp3) is 0.188. The van der Waals surface area contributed by atoms with Crippen LogP contribution in [0.3, 0.4) is 0 Å². The summed E-state index contributed by atoms with van der Waals surface area (Å²) in [7, 11) is 0. The summed E-state index contributed by atoms with van der Waals surface area (Å²) in [6.45, 7) is 0. The number of benzene rings is 2. The van der Waals surface area contributed by atoms with Gasteiger partial charge in [-0.1, -0.05) is 42.5 Å². The van der Waals surface area contributed by atoms with Gasteiger partial charge in [0.15, 0.2) is 0 Å². The second kappa shape index (κ2) is 6.44. The van der Waals surface area contributed by atoms with E-state index in [1.807, 2.05) is 48.5 Å². The van der Waals surface area contributed by atoms with E-state index in [1.165, 1.54) is 0 Å². The van der Waals surface area contributed by atoms with Crippen LogP contribution in [0.2, 0.25) is 0 Å². The second-order valence-corrected chi connectivity index (χ2v) is 5.16. The van der Waals surface area contributed by atoms with Gasteiger partial charge in [0.05, 0.1) is 0 Å². The molecule has 0 saturated heterocycles. The van der Waals surface area contributed by atoms with Gasteiger partial charge in [-0.15, -0.1) is 11.6 Å². The second-order valence-electron chi connectivity index (χ2n) is 4.63. The van der Waals surface area contributed by atoms with Gasteiger partial charge in [0.1, 0.15) is 5.38 Å². The molecule has 2 aromatic rings. The molecule has 0 aliphatic heterocycles. The normalized spacial score (nSPS) is 12.1. The van der Waals surface area contributed by atoms with E-state index in [9.17, 15) is 4.79 Å². The van der Waals surface area contributed by atoms with Crippen molar-refractivity contribution in [3.63, 3.8) is 0 Å². The average Bonchev–Trinajstić information content (AvgIpc) is 2.45. The van der Waals surface area contributed by atoms with Crippen LogP contribution in [0.25, 0.3) is 11.1 Å². The molecule has 0 saturated carbocycles. The number of hydrogen-bond donors (Lipinski definition) is 2. The van der Waals surface area contributed by atoms with Crippen molar-refractivity contribution in [1.82, 2.24) is 0 Å². The summed E-state index contributed by atoms with van der Waals surface area (Å²) in [6, 6.07) is 15.7. The first-order valence-corrected chi connectivity index (χ1v) is 6.82. The molecule has 2 aromatic carbocycles. The van der Waals surface area contributed by atoms with Gasteiger partial charge in [0.2, 0.25) is 0 Å². The minimum atomic E-state index is -0.986. The summed E-state index contributed by atoms with van der Waals surface area (Å²) in [5.74, 6) is -0.986. The molecule has 104 valence electrons. The van der Waals surface area contributed by atoms with Crippen LogP contribution < -0.4 is 5.73 Å². The van der Waals surface area contributed by atoms with Crippen LogP contribution in [-0.4, -0.2) is 16.5 Å². The van der Waals surface area contributed by atoms with Gasteiger partial charge in [-0.2, -0.15) is 0 Å². The lowest BCUT2D eigenvalue weighted by Crippen LogP contribution is -2.13. The summed E-state index contributed by atoms with van der Waals surface area (Å²) >= 11 is 5.70. The van der Waals surface area contributed by atoms with Crippen molar-refractivity contribution in [3.8, 4) is 11.1 Å². The Hall–Kier alpha value is -2.00. The molecule has 0 aromatic heterocycles. The maximum Gasteiger partial charge on any atom is 0.321 e. The quantitative estimate of drug-likeness (QED) is 0.653. The first-order chi connectivity index (χ1) is 9.58. The van der Waals surface area contributed by atoms with E-state index < -0.39 is 11.3 Å². The Morgan fingerprint density at radius 2 is 1.90 bits per heavy atom. The highest BCUT2D eigenvalue weighted by Crippen LogP contribution is 2.27.